The fourth-order valence-corrected chi connectivity index (χ4v) is 5.50. The Hall–Kier alpha value is -0.260. The molecule has 17 heavy (non-hydrogen) atoms. The molecule has 1 spiro atoms. The van der Waals surface area contributed by atoms with Crippen molar-refractivity contribution in [2.45, 2.75) is 66.7 Å². The average molecular weight is 232 g/mol. The van der Waals surface area contributed by atoms with E-state index in [-0.39, 0.29) is 0 Å². The van der Waals surface area contributed by atoms with E-state index in [1.807, 2.05) is 5.57 Å². The summed E-state index contributed by atoms with van der Waals surface area (Å²) in [7, 11) is 0. The normalized spacial score (nSPS) is 46.3. The minimum atomic E-state index is 0.560. The summed E-state index contributed by atoms with van der Waals surface area (Å²) in [6.07, 6.45) is 9.77. The van der Waals surface area contributed by atoms with E-state index < -0.39 is 0 Å². The summed E-state index contributed by atoms with van der Waals surface area (Å²) < 4.78 is 0. The maximum Gasteiger partial charge on any atom is -0.0108 e. The molecule has 0 aromatic carbocycles. The van der Waals surface area contributed by atoms with Gasteiger partial charge in [0.2, 0.25) is 0 Å². The molecule has 0 unspecified atom stereocenters. The number of hydrogen-bond acceptors (Lipinski definition) is 0. The Bertz CT molecular complexity index is 361. The highest BCUT2D eigenvalue weighted by Crippen LogP contribution is 2.77. The Balaban J connectivity index is 1.81. The molecule has 0 bridgehead atoms. The highest BCUT2D eigenvalue weighted by atomic mass is 14.7. The van der Waals surface area contributed by atoms with Crippen LogP contribution in [0.15, 0.2) is 11.6 Å². The molecule has 0 amide bonds. The van der Waals surface area contributed by atoms with Crippen molar-refractivity contribution in [2.24, 2.45) is 28.1 Å². The van der Waals surface area contributed by atoms with Crippen LogP contribution in [-0.4, -0.2) is 0 Å². The van der Waals surface area contributed by atoms with Crippen LogP contribution in [0.3, 0.4) is 0 Å². The molecule has 0 aromatic rings. The molecule has 3 saturated carbocycles. The van der Waals surface area contributed by atoms with Crippen molar-refractivity contribution in [3.05, 3.63) is 11.6 Å². The lowest BCUT2D eigenvalue weighted by Gasteiger charge is -2.59. The Morgan fingerprint density at radius 3 is 2.00 bits per heavy atom. The first-order valence-corrected chi connectivity index (χ1v) is 7.51. The third kappa shape index (κ3) is 1.36. The Labute approximate surface area is 107 Å². The van der Waals surface area contributed by atoms with Crippen molar-refractivity contribution in [1.29, 1.82) is 0 Å². The fraction of sp³-hybridized carbons (Fsp3) is 0.882. The van der Waals surface area contributed by atoms with Crippen LogP contribution < -0.4 is 0 Å². The van der Waals surface area contributed by atoms with Crippen LogP contribution in [0.5, 0.6) is 0 Å². The molecule has 0 heterocycles. The van der Waals surface area contributed by atoms with Crippen LogP contribution in [0.4, 0.5) is 0 Å². The second-order valence-electron chi connectivity index (χ2n) is 8.11. The van der Waals surface area contributed by atoms with Gasteiger partial charge in [0, 0.05) is 0 Å². The van der Waals surface area contributed by atoms with E-state index in [4.69, 9.17) is 0 Å². The molecule has 0 aliphatic heterocycles. The molecular weight excluding hydrogens is 204 g/mol. The first-order chi connectivity index (χ1) is 7.85. The van der Waals surface area contributed by atoms with E-state index in [1.54, 1.807) is 0 Å². The van der Waals surface area contributed by atoms with Crippen LogP contribution >= 0.6 is 0 Å². The smallest absolute Gasteiger partial charge is 0.0108 e. The minimum absolute atomic E-state index is 0.560. The molecule has 3 aliphatic rings. The Morgan fingerprint density at radius 1 is 1.06 bits per heavy atom. The maximum absolute atomic E-state index is 2.52. The molecule has 0 nitrogen and oxygen atoms in total. The molecule has 0 radical (unpaired) electrons. The zero-order valence-corrected chi connectivity index (χ0v) is 12.3. The van der Waals surface area contributed by atoms with Gasteiger partial charge in [-0.25, -0.2) is 0 Å². The summed E-state index contributed by atoms with van der Waals surface area (Å²) >= 11 is 0. The summed E-state index contributed by atoms with van der Waals surface area (Å²) in [5.74, 6) is 1.89. The van der Waals surface area contributed by atoms with E-state index >= 15 is 0 Å². The average Bonchev–Trinajstić information content (AvgIpc) is 2.96. The maximum atomic E-state index is 2.52. The van der Waals surface area contributed by atoms with Crippen LogP contribution in [0.1, 0.15) is 66.7 Å². The molecule has 1 atom stereocenters. The first kappa shape index (κ1) is 11.8. The van der Waals surface area contributed by atoms with Gasteiger partial charge in [-0.05, 0) is 67.1 Å². The fourth-order valence-electron chi connectivity index (χ4n) is 5.50. The van der Waals surface area contributed by atoms with Gasteiger partial charge in [0.05, 0.1) is 0 Å². The van der Waals surface area contributed by atoms with E-state index in [1.165, 1.54) is 32.1 Å². The number of rotatable bonds is 2. The van der Waals surface area contributed by atoms with Crippen molar-refractivity contribution in [3.63, 3.8) is 0 Å². The summed E-state index contributed by atoms with van der Waals surface area (Å²) in [6.45, 7) is 12.2. The first-order valence-electron chi connectivity index (χ1n) is 7.51. The number of allylic oxidation sites excluding steroid dienone is 2. The molecule has 3 aliphatic carbocycles. The highest BCUT2D eigenvalue weighted by Gasteiger charge is 2.68. The quantitative estimate of drug-likeness (QED) is 0.574. The molecule has 0 heteroatoms. The molecule has 0 saturated heterocycles. The molecular formula is C17H28. The minimum Gasteiger partial charge on any atom is -0.0876 e. The van der Waals surface area contributed by atoms with Crippen molar-refractivity contribution in [2.75, 3.05) is 0 Å². The van der Waals surface area contributed by atoms with Gasteiger partial charge >= 0.3 is 0 Å². The SMILES string of the molecule is CC=C([C@H]1CC(C)(C)C12CC2)C1(C)CC(C)C1. The zero-order chi connectivity index (χ0) is 12.5. The lowest BCUT2D eigenvalue weighted by molar-refractivity contribution is -0.0382. The van der Waals surface area contributed by atoms with Gasteiger partial charge in [0.15, 0.2) is 0 Å². The van der Waals surface area contributed by atoms with E-state index in [0.717, 1.165) is 17.3 Å². The Morgan fingerprint density at radius 2 is 1.65 bits per heavy atom. The van der Waals surface area contributed by atoms with Gasteiger partial charge in [-0.2, -0.15) is 0 Å². The predicted octanol–water partition coefficient (Wildman–Crippen LogP) is 5.20. The topological polar surface area (TPSA) is 0 Å². The van der Waals surface area contributed by atoms with Crippen molar-refractivity contribution in [3.8, 4) is 0 Å². The molecule has 0 aromatic heterocycles. The van der Waals surface area contributed by atoms with Gasteiger partial charge in [0.1, 0.15) is 0 Å². The third-order valence-electron chi connectivity index (χ3n) is 6.50. The van der Waals surface area contributed by atoms with Gasteiger partial charge < -0.3 is 0 Å². The predicted molar refractivity (Wildman–Crippen MR) is 73.8 cm³/mol. The summed E-state index contributed by atoms with van der Waals surface area (Å²) in [4.78, 5) is 0. The third-order valence-corrected chi connectivity index (χ3v) is 6.50. The molecule has 0 N–H and O–H groups in total. The van der Waals surface area contributed by atoms with E-state index in [9.17, 15) is 0 Å². The van der Waals surface area contributed by atoms with E-state index in [2.05, 4.69) is 40.7 Å². The second kappa shape index (κ2) is 3.19. The van der Waals surface area contributed by atoms with Crippen molar-refractivity contribution < 1.29 is 0 Å². The van der Waals surface area contributed by atoms with Crippen LogP contribution in [0, 0.1) is 28.1 Å². The molecule has 3 fully saturated rings. The van der Waals surface area contributed by atoms with Gasteiger partial charge in [0.25, 0.3) is 0 Å². The standard InChI is InChI=1S/C17H28/c1-6-13(16(5)9-12(2)10-16)14-11-15(3,4)17(14)7-8-17/h6,12,14H,7-11H2,1-5H3/t12?,14-,16?/m1/s1. The van der Waals surface area contributed by atoms with Crippen molar-refractivity contribution in [1.82, 2.24) is 0 Å². The summed E-state index contributed by atoms with van der Waals surface area (Å²) in [5.41, 5.74) is 3.73. The van der Waals surface area contributed by atoms with Gasteiger partial charge in [-0.1, -0.05) is 39.3 Å². The largest absolute Gasteiger partial charge is 0.0876 e. The lowest BCUT2D eigenvalue weighted by atomic mass is 9.45. The van der Waals surface area contributed by atoms with Gasteiger partial charge in [-0.15, -0.1) is 0 Å². The van der Waals surface area contributed by atoms with Gasteiger partial charge in [-0.3, -0.25) is 0 Å². The second-order valence-corrected chi connectivity index (χ2v) is 8.11. The summed E-state index contributed by atoms with van der Waals surface area (Å²) in [6, 6.07) is 0. The van der Waals surface area contributed by atoms with Crippen LogP contribution in [0.2, 0.25) is 0 Å². The monoisotopic (exact) mass is 232 g/mol. The zero-order valence-electron chi connectivity index (χ0n) is 12.3. The van der Waals surface area contributed by atoms with Crippen LogP contribution in [-0.2, 0) is 0 Å². The van der Waals surface area contributed by atoms with Crippen LogP contribution in [0.25, 0.3) is 0 Å². The lowest BCUT2D eigenvalue weighted by Crippen LogP contribution is -2.51. The molecule has 3 rings (SSSR count). The number of hydrogen-bond donors (Lipinski definition) is 0. The Kier molecular flexibility index (Phi) is 2.22. The van der Waals surface area contributed by atoms with Crippen molar-refractivity contribution >= 4 is 0 Å². The highest BCUT2D eigenvalue weighted by molar-refractivity contribution is 5.32. The molecule has 96 valence electrons. The van der Waals surface area contributed by atoms with E-state index in [0.29, 0.717) is 10.8 Å². The summed E-state index contributed by atoms with van der Waals surface area (Å²) in [5, 5.41) is 0.